The number of hydrogen-bond acceptors (Lipinski definition) is 2. The number of methoxy groups -OCH3 is 1. The van der Waals surface area contributed by atoms with Gasteiger partial charge in [-0.3, -0.25) is 0 Å². The Morgan fingerprint density at radius 1 is 1.05 bits per heavy atom. The second-order valence-corrected chi connectivity index (χ2v) is 4.03. The highest BCUT2D eigenvalue weighted by Crippen LogP contribution is 2.35. The van der Waals surface area contributed by atoms with Gasteiger partial charge in [0.15, 0.2) is 0 Å². The van der Waals surface area contributed by atoms with Crippen molar-refractivity contribution in [2.75, 3.05) is 12.8 Å². The Bertz CT molecular complexity index is 593. The van der Waals surface area contributed by atoms with Crippen molar-refractivity contribution in [3.63, 3.8) is 0 Å². The van der Waals surface area contributed by atoms with Crippen molar-refractivity contribution in [2.24, 2.45) is 0 Å². The first-order valence-electron chi connectivity index (χ1n) is 5.53. The minimum atomic E-state index is -4.39. The lowest BCUT2D eigenvalue weighted by Gasteiger charge is -2.12. The lowest BCUT2D eigenvalue weighted by Crippen LogP contribution is -2.05. The first kappa shape index (κ1) is 13.3. The molecule has 2 aromatic carbocycles. The molecule has 100 valence electrons. The van der Waals surface area contributed by atoms with Crippen molar-refractivity contribution in [3.05, 3.63) is 48.0 Å². The van der Waals surface area contributed by atoms with Gasteiger partial charge in [-0.05, 0) is 35.9 Å². The Morgan fingerprint density at radius 3 is 2.42 bits per heavy atom. The van der Waals surface area contributed by atoms with Gasteiger partial charge in [0.25, 0.3) is 0 Å². The Labute approximate surface area is 108 Å². The summed E-state index contributed by atoms with van der Waals surface area (Å²) in [5.74, 6) is 0.564. The SMILES string of the molecule is COc1cccc(-c2cc(C(F)(F)F)ccc2N)c1. The lowest BCUT2D eigenvalue weighted by atomic mass is 10.0. The van der Waals surface area contributed by atoms with Crippen LogP contribution in [-0.2, 0) is 6.18 Å². The number of nitrogen functional groups attached to an aromatic ring is 1. The van der Waals surface area contributed by atoms with Crippen LogP contribution in [0.15, 0.2) is 42.5 Å². The zero-order valence-electron chi connectivity index (χ0n) is 10.2. The molecule has 0 unspecified atom stereocenters. The van der Waals surface area contributed by atoms with Crippen LogP contribution in [0.4, 0.5) is 18.9 Å². The average Bonchev–Trinajstić information content (AvgIpc) is 2.38. The van der Waals surface area contributed by atoms with E-state index >= 15 is 0 Å². The number of rotatable bonds is 2. The third-order valence-electron chi connectivity index (χ3n) is 2.76. The zero-order chi connectivity index (χ0) is 14.0. The molecule has 0 aromatic heterocycles. The fourth-order valence-electron chi connectivity index (χ4n) is 1.77. The van der Waals surface area contributed by atoms with Crippen LogP contribution in [-0.4, -0.2) is 7.11 Å². The third-order valence-corrected chi connectivity index (χ3v) is 2.76. The first-order chi connectivity index (χ1) is 8.91. The van der Waals surface area contributed by atoms with Crippen molar-refractivity contribution in [2.45, 2.75) is 6.18 Å². The predicted molar refractivity (Wildman–Crippen MR) is 67.8 cm³/mol. The molecule has 0 bridgehead atoms. The van der Waals surface area contributed by atoms with E-state index in [4.69, 9.17) is 10.5 Å². The molecule has 0 saturated carbocycles. The van der Waals surface area contributed by atoms with Crippen molar-refractivity contribution >= 4 is 5.69 Å². The first-order valence-corrected chi connectivity index (χ1v) is 5.53. The Balaban J connectivity index is 2.54. The molecule has 2 nitrogen and oxygen atoms in total. The molecule has 0 aliphatic rings. The van der Waals surface area contributed by atoms with E-state index in [9.17, 15) is 13.2 Å². The number of alkyl halides is 3. The fourth-order valence-corrected chi connectivity index (χ4v) is 1.77. The number of nitrogens with two attached hydrogens (primary N) is 1. The van der Waals surface area contributed by atoms with E-state index in [1.54, 1.807) is 24.3 Å². The van der Waals surface area contributed by atoms with Gasteiger partial charge in [-0.25, -0.2) is 0 Å². The number of hydrogen-bond donors (Lipinski definition) is 1. The molecule has 0 aliphatic carbocycles. The average molecular weight is 267 g/mol. The highest BCUT2D eigenvalue weighted by molar-refractivity contribution is 5.77. The molecule has 2 rings (SSSR count). The monoisotopic (exact) mass is 267 g/mol. The molecule has 5 heteroatoms. The molecule has 0 saturated heterocycles. The molecule has 0 radical (unpaired) electrons. The number of halogens is 3. The maximum absolute atomic E-state index is 12.7. The lowest BCUT2D eigenvalue weighted by molar-refractivity contribution is -0.137. The van der Waals surface area contributed by atoms with Crippen LogP contribution < -0.4 is 10.5 Å². The molecule has 0 spiro atoms. The van der Waals surface area contributed by atoms with E-state index in [0.29, 0.717) is 22.6 Å². The summed E-state index contributed by atoms with van der Waals surface area (Å²) in [5.41, 5.74) is 6.25. The standard InChI is InChI=1S/C14H12F3NO/c1-19-11-4-2-3-9(7-11)12-8-10(14(15,16)17)5-6-13(12)18/h2-8H,18H2,1H3. The van der Waals surface area contributed by atoms with Crippen molar-refractivity contribution in [1.82, 2.24) is 0 Å². The second-order valence-electron chi connectivity index (χ2n) is 4.03. The molecular formula is C14H12F3NO. The summed E-state index contributed by atoms with van der Waals surface area (Å²) >= 11 is 0. The normalized spacial score (nSPS) is 11.4. The highest BCUT2D eigenvalue weighted by Gasteiger charge is 2.30. The van der Waals surface area contributed by atoms with Crippen LogP contribution in [0.5, 0.6) is 5.75 Å². The summed E-state index contributed by atoms with van der Waals surface area (Å²) in [6.07, 6.45) is -4.39. The van der Waals surface area contributed by atoms with Crippen LogP contribution in [0.2, 0.25) is 0 Å². The molecule has 0 atom stereocenters. The third kappa shape index (κ3) is 2.81. The molecule has 0 fully saturated rings. The van der Waals surface area contributed by atoms with Crippen molar-refractivity contribution in [1.29, 1.82) is 0 Å². The molecular weight excluding hydrogens is 255 g/mol. The minimum absolute atomic E-state index is 0.293. The van der Waals surface area contributed by atoms with Gasteiger partial charge in [0, 0.05) is 11.3 Å². The largest absolute Gasteiger partial charge is 0.497 e. The maximum Gasteiger partial charge on any atom is 0.416 e. The quantitative estimate of drug-likeness (QED) is 0.836. The van der Waals surface area contributed by atoms with Gasteiger partial charge in [-0.15, -0.1) is 0 Å². The number of benzene rings is 2. The van der Waals surface area contributed by atoms with Gasteiger partial charge in [-0.1, -0.05) is 12.1 Å². The van der Waals surface area contributed by atoms with Crippen molar-refractivity contribution in [3.8, 4) is 16.9 Å². The van der Waals surface area contributed by atoms with E-state index < -0.39 is 11.7 Å². The summed E-state index contributed by atoms with van der Waals surface area (Å²) in [6.45, 7) is 0. The smallest absolute Gasteiger partial charge is 0.416 e. The van der Waals surface area contributed by atoms with Crippen LogP contribution in [0.25, 0.3) is 11.1 Å². The van der Waals surface area contributed by atoms with E-state index in [2.05, 4.69) is 0 Å². The molecule has 0 amide bonds. The summed E-state index contributed by atoms with van der Waals surface area (Å²) in [5, 5.41) is 0. The number of anilines is 1. The van der Waals surface area contributed by atoms with E-state index in [0.717, 1.165) is 12.1 Å². The van der Waals surface area contributed by atoms with Gasteiger partial charge in [-0.2, -0.15) is 13.2 Å². The Hall–Kier alpha value is -2.17. The molecule has 2 N–H and O–H groups in total. The fraction of sp³-hybridized carbons (Fsp3) is 0.143. The van der Waals surface area contributed by atoms with Crippen molar-refractivity contribution < 1.29 is 17.9 Å². The number of ether oxygens (including phenoxy) is 1. The zero-order valence-corrected chi connectivity index (χ0v) is 10.2. The maximum atomic E-state index is 12.7. The summed E-state index contributed by atoms with van der Waals surface area (Å²) in [7, 11) is 1.49. The topological polar surface area (TPSA) is 35.2 Å². The summed E-state index contributed by atoms with van der Waals surface area (Å²) in [4.78, 5) is 0. The van der Waals surface area contributed by atoms with Gasteiger partial charge in [0.05, 0.1) is 12.7 Å². The molecule has 0 heterocycles. The molecule has 0 aliphatic heterocycles. The molecule has 2 aromatic rings. The Kier molecular flexibility index (Phi) is 3.38. The van der Waals surface area contributed by atoms with E-state index in [1.165, 1.54) is 13.2 Å². The van der Waals surface area contributed by atoms with E-state index in [1.807, 2.05) is 0 Å². The van der Waals surface area contributed by atoms with Crippen LogP contribution in [0.3, 0.4) is 0 Å². The van der Waals surface area contributed by atoms with Gasteiger partial charge < -0.3 is 10.5 Å². The highest BCUT2D eigenvalue weighted by atomic mass is 19.4. The van der Waals surface area contributed by atoms with Crippen LogP contribution >= 0.6 is 0 Å². The molecule has 19 heavy (non-hydrogen) atoms. The van der Waals surface area contributed by atoms with E-state index in [-0.39, 0.29) is 0 Å². The summed E-state index contributed by atoms with van der Waals surface area (Å²) in [6, 6.07) is 10.0. The predicted octanol–water partition coefficient (Wildman–Crippen LogP) is 3.96. The van der Waals surface area contributed by atoms with Gasteiger partial charge in [0.2, 0.25) is 0 Å². The second kappa shape index (κ2) is 4.84. The van der Waals surface area contributed by atoms with Crippen LogP contribution in [0.1, 0.15) is 5.56 Å². The Morgan fingerprint density at radius 2 is 1.79 bits per heavy atom. The minimum Gasteiger partial charge on any atom is -0.497 e. The van der Waals surface area contributed by atoms with Gasteiger partial charge in [0.1, 0.15) is 5.75 Å². The summed E-state index contributed by atoms with van der Waals surface area (Å²) < 4.78 is 43.1. The van der Waals surface area contributed by atoms with Gasteiger partial charge >= 0.3 is 6.18 Å². The van der Waals surface area contributed by atoms with Crippen LogP contribution in [0, 0.1) is 0 Å².